The number of fused-ring (bicyclic) bond motifs is 2. The number of halogens is 3. The predicted octanol–water partition coefficient (Wildman–Crippen LogP) is 3.41. The molecule has 262 valence electrons. The Balaban J connectivity index is 1.03. The van der Waals surface area contributed by atoms with Crippen LogP contribution in [0.5, 0.6) is 0 Å². The fourth-order valence-corrected chi connectivity index (χ4v) is 7.26. The first-order chi connectivity index (χ1) is 24.2. The number of urea groups is 1. The normalized spacial score (nSPS) is 19.9. The highest BCUT2D eigenvalue weighted by Gasteiger charge is 2.36. The second-order valence-electron chi connectivity index (χ2n) is 13.0. The van der Waals surface area contributed by atoms with Crippen molar-refractivity contribution in [2.75, 3.05) is 76.9 Å². The zero-order valence-electron chi connectivity index (χ0n) is 27.9. The largest absolute Gasteiger partial charge is 0.416 e. The fraction of sp³-hybridized carbons (Fsp3) is 0.405. The number of para-hydroxylation sites is 2. The molecule has 1 atom stereocenters. The molecule has 3 saturated heterocycles. The smallest absolute Gasteiger partial charge is 0.369 e. The molecule has 2 amide bonds. The molecule has 0 saturated carbocycles. The molecule has 10 nitrogen and oxygen atoms in total. The summed E-state index contributed by atoms with van der Waals surface area (Å²) in [5.74, 6) is 5.94. The third-order valence-corrected chi connectivity index (χ3v) is 9.97. The van der Waals surface area contributed by atoms with E-state index in [4.69, 9.17) is 0 Å². The van der Waals surface area contributed by atoms with E-state index < -0.39 is 11.7 Å². The number of amides is 2. The molecule has 50 heavy (non-hydrogen) atoms. The van der Waals surface area contributed by atoms with Crippen molar-refractivity contribution in [1.29, 1.82) is 0 Å². The van der Waals surface area contributed by atoms with Gasteiger partial charge in [0, 0.05) is 96.3 Å². The number of carbonyl (C=O) groups excluding carboxylic acids is 1. The van der Waals surface area contributed by atoms with E-state index in [1.165, 1.54) is 16.7 Å². The van der Waals surface area contributed by atoms with Crippen LogP contribution >= 0.6 is 0 Å². The van der Waals surface area contributed by atoms with Crippen LogP contribution < -0.4 is 21.2 Å². The van der Waals surface area contributed by atoms with Gasteiger partial charge in [0.1, 0.15) is 6.04 Å². The number of nitrogens with one attached hydrogen (secondary N) is 2. The molecule has 1 aromatic heterocycles. The zero-order chi connectivity index (χ0) is 34.8. The lowest BCUT2D eigenvalue weighted by molar-refractivity contribution is -0.138. The van der Waals surface area contributed by atoms with Crippen molar-refractivity contribution in [2.24, 2.45) is 0 Å². The third kappa shape index (κ3) is 6.96. The molecule has 2 N–H and O–H groups in total. The monoisotopic (exact) mass is 686 g/mol. The molecule has 13 heteroatoms. The molecule has 4 heterocycles. The van der Waals surface area contributed by atoms with E-state index in [0.29, 0.717) is 69.3 Å². The van der Waals surface area contributed by atoms with E-state index in [0.717, 1.165) is 37.4 Å². The van der Waals surface area contributed by atoms with E-state index >= 15 is 0 Å². The number of rotatable bonds is 10. The van der Waals surface area contributed by atoms with Gasteiger partial charge in [-0.05, 0) is 42.0 Å². The highest BCUT2D eigenvalue weighted by atomic mass is 19.4. The van der Waals surface area contributed by atoms with Crippen molar-refractivity contribution in [3.63, 3.8) is 0 Å². The SMILES string of the molecule is C=C(Cc1ccc(N2CCN(CCN3C(=O)NC4C#CC=CC=C43)CC2)cc1C(F)(F)F)n1c(=O)n(CCN2CCNCC2)c2ccccc21. The number of imidazole rings is 1. The first kappa shape index (κ1) is 33.7. The van der Waals surface area contributed by atoms with E-state index in [9.17, 15) is 22.8 Å². The van der Waals surface area contributed by atoms with Crippen molar-refractivity contribution in [1.82, 2.24) is 34.5 Å². The summed E-state index contributed by atoms with van der Waals surface area (Å²) in [5.41, 5.74) is 2.05. The Bertz CT molecular complexity index is 1950. The van der Waals surface area contributed by atoms with Crippen LogP contribution in [-0.4, -0.2) is 108 Å². The maximum absolute atomic E-state index is 14.6. The molecular weight excluding hydrogens is 645 g/mol. The molecule has 3 aromatic rings. The standard InChI is InChI=1S/C37H41F3N8O2/c1-27(48-34-10-6-5-9-33(34)47(36(48)50)24-20-43-15-13-41-14-16-43)25-28-11-12-29(26-30(28)37(38,39)40)45-21-17-44(18-22-45)19-23-46-32-8-4-2-3-7-31(32)42-35(46)49/h2,4-6,8-12,26,31,41H,1,13-25H2,(H,42,49). The summed E-state index contributed by atoms with van der Waals surface area (Å²) in [6.07, 6.45) is 0.753. The topological polar surface area (TPSA) is 81.0 Å². The second kappa shape index (κ2) is 14.2. The van der Waals surface area contributed by atoms with E-state index in [1.54, 1.807) is 21.6 Å². The van der Waals surface area contributed by atoms with E-state index in [-0.39, 0.29) is 29.7 Å². The lowest BCUT2D eigenvalue weighted by Gasteiger charge is -2.37. The summed E-state index contributed by atoms with van der Waals surface area (Å²) in [5, 5.41) is 6.22. The number of nitrogens with zero attached hydrogens (tertiary/aromatic N) is 6. The zero-order valence-corrected chi connectivity index (χ0v) is 27.9. The van der Waals surface area contributed by atoms with Gasteiger partial charge in [0.2, 0.25) is 0 Å². The molecule has 0 radical (unpaired) electrons. The van der Waals surface area contributed by atoms with Crippen molar-refractivity contribution in [2.45, 2.75) is 25.2 Å². The van der Waals surface area contributed by atoms with Gasteiger partial charge < -0.3 is 15.5 Å². The van der Waals surface area contributed by atoms with Gasteiger partial charge in [-0.15, -0.1) is 0 Å². The van der Waals surface area contributed by atoms with Crippen LogP contribution in [0.15, 0.2) is 77.8 Å². The maximum atomic E-state index is 14.6. The third-order valence-electron chi connectivity index (χ3n) is 9.97. The molecule has 1 aliphatic carbocycles. The van der Waals surface area contributed by atoms with Gasteiger partial charge in [-0.3, -0.25) is 23.8 Å². The quantitative estimate of drug-likeness (QED) is 0.319. The highest BCUT2D eigenvalue weighted by Crippen LogP contribution is 2.36. The number of allylic oxidation sites excluding steroid dienone is 4. The van der Waals surface area contributed by atoms with Gasteiger partial charge >= 0.3 is 17.9 Å². The van der Waals surface area contributed by atoms with Crippen molar-refractivity contribution < 1.29 is 18.0 Å². The summed E-state index contributed by atoms with van der Waals surface area (Å²) in [6, 6.07) is 11.4. The molecule has 0 spiro atoms. The Morgan fingerprint density at radius 3 is 2.38 bits per heavy atom. The minimum absolute atomic E-state index is 0.0731. The molecule has 4 aliphatic rings. The average molecular weight is 687 g/mol. The van der Waals surface area contributed by atoms with Gasteiger partial charge in [-0.1, -0.05) is 42.7 Å². The molecule has 2 aromatic carbocycles. The van der Waals surface area contributed by atoms with Crippen LogP contribution in [0, 0.1) is 11.8 Å². The highest BCUT2D eigenvalue weighted by molar-refractivity contribution is 5.82. The molecule has 7 rings (SSSR count). The van der Waals surface area contributed by atoms with Crippen molar-refractivity contribution >= 4 is 28.4 Å². The lowest BCUT2D eigenvalue weighted by atomic mass is 10.0. The van der Waals surface area contributed by atoms with E-state index in [2.05, 4.69) is 38.9 Å². The van der Waals surface area contributed by atoms with Gasteiger partial charge in [-0.2, -0.15) is 13.2 Å². The summed E-state index contributed by atoms with van der Waals surface area (Å²) in [7, 11) is 0. The number of piperazine rings is 2. The number of aromatic nitrogens is 2. The Labute approximate surface area is 289 Å². The van der Waals surface area contributed by atoms with Crippen LogP contribution in [0.1, 0.15) is 11.1 Å². The summed E-state index contributed by atoms with van der Waals surface area (Å²) >= 11 is 0. The number of hydrogen-bond acceptors (Lipinski definition) is 6. The van der Waals surface area contributed by atoms with Crippen LogP contribution in [0.25, 0.3) is 16.7 Å². The molecule has 0 bridgehead atoms. The minimum atomic E-state index is -4.59. The molecule has 1 unspecified atom stereocenters. The number of benzene rings is 2. The van der Waals surface area contributed by atoms with E-state index in [1.807, 2.05) is 41.3 Å². The maximum Gasteiger partial charge on any atom is 0.416 e. The molecule has 3 aliphatic heterocycles. The Morgan fingerprint density at radius 2 is 1.62 bits per heavy atom. The van der Waals surface area contributed by atoms with Crippen molar-refractivity contribution in [3.8, 4) is 11.8 Å². The summed E-state index contributed by atoms with van der Waals surface area (Å²) in [6.45, 7) is 12.5. The second-order valence-corrected chi connectivity index (χ2v) is 13.0. The predicted molar refractivity (Wildman–Crippen MR) is 189 cm³/mol. The van der Waals surface area contributed by atoms with Gasteiger partial charge in [0.15, 0.2) is 0 Å². The number of anilines is 1. The number of alkyl halides is 3. The van der Waals surface area contributed by atoms with Gasteiger partial charge in [-0.25, -0.2) is 9.59 Å². The van der Waals surface area contributed by atoms with Crippen LogP contribution in [0.2, 0.25) is 0 Å². The Morgan fingerprint density at radius 1 is 0.900 bits per heavy atom. The minimum Gasteiger partial charge on any atom is -0.369 e. The fourth-order valence-electron chi connectivity index (χ4n) is 7.26. The van der Waals surface area contributed by atoms with Crippen LogP contribution in [-0.2, 0) is 19.1 Å². The molecular formula is C37H41F3N8O2. The summed E-state index contributed by atoms with van der Waals surface area (Å²) in [4.78, 5) is 34.5. The number of hydrogen-bond donors (Lipinski definition) is 2. The Hall–Kier alpha value is -4.77. The average Bonchev–Trinajstić information content (AvgIpc) is 3.45. The first-order valence-electron chi connectivity index (χ1n) is 17.1. The van der Waals surface area contributed by atoms with Gasteiger partial charge in [0.05, 0.1) is 22.3 Å². The van der Waals surface area contributed by atoms with Crippen LogP contribution in [0.4, 0.5) is 23.7 Å². The Kier molecular flexibility index (Phi) is 9.59. The van der Waals surface area contributed by atoms with Crippen LogP contribution in [0.3, 0.4) is 0 Å². The lowest BCUT2D eigenvalue weighted by Crippen LogP contribution is -2.48. The summed E-state index contributed by atoms with van der Waals surface area (Å²) < 4.78 is 46.8. The van der Waals surface area contributed by atoms with Gasteiger partial charge in [0.25, 0.3) is 0 Å². The van der Waals surface area contributed by atoms with Crippen molar-refractivity contribution in [3.05, 3.63) is 94.6 Å². The first-order valence-corrected chi connectivity index (χ1v) is 17.1. The number of carbonyl (C=O) groups is 1. The molecule has 3 fully saturated rings.